The van der Waals surface area contributed by atoms with Gasteiger partial charge in [-0.3, -0.25) is 4.79 Å². The summed E-state index contributed by atoms with van der Waals surface area (Å²) in [6.07, 6.45) is 0.977. The zero-order valence-electron chi connectivity index (χ0n) is 13.2. The van der Waals surface area contributed by atoms with Gasteiger partial charge in [0.15, 0.2) is 0 Å². The number of amides is 1. The molecule has 0 unspecified atom stereocenters. The van der Waals surface area contributed by atoms with Gasteiger partial charge in [-0.05, 0) is 51.2 Å². The van der Waals surface area contributed by atoms with Gasteiger partial charge in [-0.25, -0.2) is 0 Å². The third-order valence-corrected chi connectivity index (χ3v) is 4.05. The number of benzene rings is 1. The van der Waals surface area contributed by atoms with E-state index in [2.05, 4.69) is 18.7 Å². The van der Waals surface area contributed by atoms with Gasteiger partial charge in [0, 0.05) is 18.7 Å². The second-order valence-electron chi connectivity index (χ2n) is 5.00. The molecule has 0 saturated carbocycles. The van der Waals surface area contributed by atoms with Gasteiger partial charge in [-0.15, -0.1) is 0 Å². The molecule has 1 aromatic carbocycles. The molecule has 0 saturated heterocycles. The monoisotopic (exact) mass is 311 g/mol. The Balaban J connectivity index is 2.62. The van der Waals surface area contributed by atoms with E-state index in [1.54, 1.807) is 18.2 Å². The van der Waals surface area contributed by atoms with E-state index in [-0.39, 0.29) is 5.91 Å². The van der Waals surface area contributed by atoms with Crippen LogP contribution in [0.2, 0.25) is 5.02 Å². The summed E-state index contributed by atoms with van der Waals surface area (Å²) >= 11 is 5.89. The van der Waals surface area contributed by atoms with Crippen LogP contribution >= 0.6 is 11.6 Å². The number of hydrogen-bond donors (Lipinski definition) is 1. The lowest BCUT2D eigenvalue weighted by atomic mass is 10.1. The number of nitrogen functional groups attached to an aromatic ring is 1. The molecule has 118 valence electrons. The Morgan fingerprint density at radius 1 is 1.14 bits per heavy atom. The van der Waals surface area contributed by atoms with Crippen LogP contribution in [0, 0.1) is 0 Å². The van der Waals surface area contributed by atoms with Gasteiger partial charge in [-0.1, -0.05) is 25.4 Å². The lowest BCUT2D eigenvalue weighted by Gasteiger charge is -2.24. The Hall–Kier alpha value is -1.26. The average Bonchev–Trinajstić information content (AvgIpc) is 2.50. The minimum atomic E-state index is 0.0143. The molecule has 0 aliphatic heterocycles. The molecule has 0 aromatic heterocycles. The van der Waals surface area contributed by atoms with Gasteiger partial charge in [0.2, 0.25) is 0 Å². The van der Waals surface area contributed by atoms with E-state index in [1.165, 1.54) is 0 Å². The first-order valence-electron chi connectivity index (χ1n) is 7.60. The van der Waals surface area contributed by atoms with E-state index >= 15 is 0 Å². The van der Waals surface area contributed by atoms with Crippen LogP contribution in [0.25, 0.3) is 0 Å². The molecule has 4 nitrogen and oxygen atoms in total. The van der Waals surface area contributed by atoms with Crippen molar-refractivity contribution in [1.29, 1.82) is 0 Å². The Morgan fingerprint density at radius 2 is 1.81 bits per heavy atom. The van der Waals surface area contributed by atoms with Gasteiger partial charge in [0.05, 0.1) is 10.7 Å². The standard InChI is InChI=1S/C16H26ClN3O/c1-4-19(5-2)10-7-11-20(6-3)16(21)13-8-9-14(17)15(18)12-13/h8-9,12H,4-7,10-11,18H2,1-3H3. The topological polar surface area (TPSA) is 49.6 Å². The molecule has 0 fully saturated rings. The van der Waals surface area contributed by atoms with Crippen molar-refractivity contribution < 1.29 is 4.79 Å². The number of carbonyl (C=O) groups excluding carboxylic acids is 1. The van der Waals surface area contributed by atoms with Crippen molar-refractivity contribution in [1.82, 2.24) is 9.80 Å². The maximum absolute atomic E-state index is 12.5. The van der Waals surface area contributed by atoms with Gasteiger partial charge < -0.3 is 15.5 Å². The van der Waals surface area contributed by atoms with E-state index in [1.807, 2.05) is 11.8 Å². The zero-order chi connectivity index (χ0) is 15.8. The first kappa shape index (κ1) is 17.8. The molecule has 5 heteroatoms. The van der Waals surface area contributed by atoms with Gasteiger partial charge >= 0.3 is 0 Å². The average molecular weight is 312 g/mol. The predicted molar refractivity (Wildman–Crippen MR) is 89.8 cm³/mol. The van der Waals surface area contributed by atoms with E-state index in [0.717, 1.165) is 32.6 Å². The maximum Gasteiger partial charge on any atom is 0.253 e. The normalized spacial score (nSPS) is 10.9. The molecule has 0 aliphatic rings. The molecule has 1 amide bonds. The van der Waals surface area contributed by atoms with Crippen molar-refractivity contribution in [3.05, 3.63) is 28.8 Å². The Labute approximate surface area is 132 Å². The van der Waals surface area contributed by atoms with Crippen LogP contribution in [0.4, 0.5) is 5.69 Å². The highest BCUT2D eigenvalue weighted by atomic mass is 35.5. The third-order valence-electron chi connectivity index (χ3n) is 3.71. The minimum Gasteiger partial charge on any atom is -0.398 e. The minimum absolute atomic E-state index is 0.0143. The number of rotatable bonds is 8. The quantitative estimate of drug-likeness (QED) is 0.750. The molecular formula is C16H26ClN3O. The van der Waals surface area contributed by atoms with Crippen molar-refractivity contribution in [2.75, 3.05) is 38.5 Å². The summed E-state index contributed by atoms with van der Waals surface area (Å²) in [7, 11) is 0. The van der Waals surface area contributed by atoms with E-state index in [4.69, 9.17) is 17.3 Å². The predicted octanol–water partition coefficient (Wildman–Crippen LogP) is 3.12. The molecule has 0 aliphatic carbocycles. The molecule has 2 N–H and O–H groups in total. The molecule has 0 atom stereocenters. The van der Waals surface area contributed by atoms with Crippen molar-refractivity contribution in [2.24, 2.45) is 0 Å². The first-order valence-corrected chi connectivity index (χ1v) is 7.97. The first-order chi connectivity index (χ1) is 10.0. The number of halogens is 1. The number of hydrogen-bond acceptors (Lipinski definition) is 3. The van der Waals surface area contributed by atoms with Gasteiger partial charge in [0.1, 0.15) is 0 Å². The summed E-state index contributed by atoms with van der Waals surface area (Å²) in [6.45, 7) is 10.9. The molecule has 0 bridgehead atoms. The van der Waals surface area contributed by atoms with Crippen molar-refractivity contribution in [2.45, 2.75) is 27.2 Å². The molecule has 1 rings (SSSR count). The van der Waals surface area contributed by atoms with Crippen LogP contribution in [0.3, 0.4) is 0 Å². The molecular weight excluding hydrogens is 286 g/mol. The smallest absolute Gasteiger partial charge is 0.253 e. The van der Waals surface area contributed by atoms with Gasteiger partial charge in [0.25, 0.3) is 5.91 Å². The molecule has 21 heavy (non-hydrogen) atoms. The summed E-state index contributed by atoms with van der Waals surface area (Å²) in [5.74, 6) is 0.0143. The number of nitrogens with two attached hydrogens (primary N) is 1. The summed E-state index contributed by atoms with van der Waals surface area (Å²) in [5.41, 5.74) is 6.81. The lowest BCUT2D eigenvalue weighted by molar-refractivity contribution is 0.0757. The summed E-state index contributed by atoms with van der Waals surface area (Å²) in [4.78, 5) is 16.7. The molecule has 1 aromatic rings. The molecule has 0 spiro atoms. The fraction of sp³-hybridized carbons (Fsp3) is 0.562. The second kappa shape index (κ2) is 8.90. The summed E-state index contributed by atoms with van der Waals surface area (Å²) in [6, 6.07) is 5.06. The number of anilines is 1. The zero-order valence-corrected chi connectivity index (χ0v) is 14.0. The highest BCUT2D eigenvalue weighted by molar-refractivity contribution is 6.33. The van der Waals surface area contributed by atoms with E-state index < -0.39 is 0 Å². The Kier molecular flexibility index (Phi) is 7.54. The SMILES string of the molecule is CCN(CC)CCCN(CC)C(=O)c1ccc(Cl)c(N)c1. The number of carbonyl (C=O) groups is 1. The van der Waals surface area contributed by atoms with Crippen LogP contribution in [0.1, 0.15) is 37.6 Å². The number of nitrogens with zero attached hydrogens (tertiary/aromatic N) is 2. The lowest BCUT2D eigenvalue weighted by Crippen LogP contribution is -2.34. The Bertz CT molecular complexity index is 461. The van der Waals surface area contributed by atoms with Crippen molar-refractivity contribution >= 4 is 23.2 Å². The molecule has 0 radical (unpaired) electrons. The molecule has 0 heterocycles. The van der Waals surface area contributed by atoms with E-state index in [9.17, 15) is 4.79 Å². The fourth-order valence-electron chi connectivity index (χ4n) is 2.29. The van der Waals surface area contributed by atoms with Crippen molar-refractivity contribution in [3.8, 4) is 0 Å². The largest absolute Gasteiger partial charge is 0.398 e. The fourth-order valence-corrected chi connectivity index (χ4v) is 2.41. The summed E-state index contributed by atoms with van der Waals surface area (Å²) in [5, 5.41) is 0.483. The third kappa shape index (κ3) is 5.21. The summed E-state index contributed by atoms with van der Waals surface area (Å²) < 4.78 is 0. The highest BCUT2D eigenvalue weighted by Crippen LogP contribution is 2.20. The van der Waals surface area contributed by atoms with Crippen LogP contribution in [0.5, 0.6) is 0 Å². The van der Waals surface area contributed by atoms with Crippen LogP contribution in [0.15, 0.2) is 18.2 Å². The van der Waals surface area contributed by atoms with Crippen molar-refractivity contribution in [3.63, 3.8) is 0 Å². The van der Waals surface area contributed by atoms with Crippen LogP contribution < -0.4 is 5.73 Å². The van der Waals surface area contributed by atoms with Crippen LogP contribution in [-0.2, 0) is 0 Å². The highest BCUT2D eigenvalue weighted by Gasteiger charge is 2.15. The Morgan fingerprint density at radius 3 is 2.33 bits per heavy atom. The maximum atomic E-state index is 12.5. The second-order valence-corrected chi connectivity index (χ2v) is 5.41. The van der Waals surface area contributed by atoms with Gasteiger partial charge in [-0.2, -0.15) is 0 Å². The van der Waals surface area contributed by atoms with E-state index in [0.29, 0.717) is 22.8 Å². The van der Waals surface area contributed by atoms with Crippen LogP contribution in [-0.4, -0.2) is 48.4 Å².